The summed E-state index contributed by atoms with van der Waals surface area (Å²) in [6.45, 7) is 1.53. The number of nitrogens with zero attached hydrogens (tertiary/aromatic N) is 1. The summed E-state index contributed by atoms with van der Waals surface area (Å²) in [6, 6.07) is 7.09. The highest BCUT2D eigenvalue weighted by atomic mass is 32.1. The Balaban J connectivity index is 1.45. The number of rotatable bonds is 6. The summed E-state index contributed by atoms with van der Waals surface area (Å²) < 4.78 is 10.9. The number of H-pyrrole nitrogens is 1. The van der Waals surface area contributed by atoms with Crippen molar-refractivity contribution < 1.29 is 13.9 Å². The topological polar surface area (TPSA) is 80.1 Å². The third-order valence-corrected chi connectivity index (χ3v) is 4.27. The average Bonchev–Trinajstić information content (AvgIpc) is 3.06. The number of carbonyl (C=O) groups excluding carboxylic acids is 1. The minimum atomic E-state index is -0.0750. The van der Waals surface area contributed by atoms with Gasteiger partial charge in [0.25, 0.3) is 10.7 Å². The Morgan fingerprint density at radius 3 is 2.83 bits per heavy atom. The zero-order valence-electron chi connectivity index (χ0n) is 13.4. The molecule has 1 atom stereocenters. The maximum absolute atomic E-state index is 12.1. The molecule has 0 aliphatic carbocycles. The Kier molecular flexibility index (Phi) is 5.77. The summed E-state index contributed by atoms with van der Waals surface area (Å²) in [5.41, 5.74) is 1.38. The van der Waals surface area contributed by atoms with Crippen LogP contribution in [0, 0.1) is 4.84 Å². The van der Waals surface area contributed by atoms with Crippen LogP contribution in [0.25, 0.3) is 11.5 Å². The second kappa shape index (κ2) is 8.21. The quantitative estimate of drug-likeness (QED) is 0.618. The van der Waals surface area contributed by atoms with Gasteiger partial charge in [-0.05, 0) is 68.6 Å². The van der Waals surface area contributed by atoms with Crippen LogP contribution in [-0.4, -0.2) is 35.4 Å². The van der Waals surface area contributed by atoms with Crippen molar-refractivity contribution in [2.75, 3.05) is 13.2 Å². The zero-order chi connectivity index (χ0) is 16.8. The standard InChI is InChI=1S/C17H21N3O3S/c21-15(18-10-3-5-14-4-1-2-11-22-14)12-6-8-13(9-7-12)16-19-20-17(24)23-16/h6-9,14H,1-5,10-11H2,(H,18,21)(H,20,24)/t14-/m1/s1. The number of hydrogen-bond acceptors (Lipinski definition) is 5. The van der Waals surface area contributed by atoms with E-state index in [2.05, 4.69) is 15.5 Å². The Morgan fingerprint density at radius 2 is 2.17 bits per heavy atom. The molecular formula is C17H21N3O3S. The van der Waals surface area contributed by atoms with Gasteiger partial charge in [-0.3, -0.25) is 4.79 Å². The summed E-state index contributed by atoms with van der Waals surface area (Å²) >= 11 is 4.85. The van der Waals surface area contributed by atoms with Gasteiger partial charge in [0.1, 0.15) is 0 Å². The third kappa shape index (κ3) is 4.52. The van der Waals surface area contributed by atoms with Crippen molar-refractivity contribution in [2.45, 2.75) is 38.2 Å². The van der Waals surface area contributed by atoms with Crippen LogP contribution in [0.15, 0.2) is 28.7 Å². The first-order valence-electron chi connectivity index (χ1n) is 8.28. The molecule has 24 heavy (non-hydrogen) atoms. The molecule has 1 aromatic heterocycles. The van der Waals surface area contributed by atoms with Crippen molar-refractivity contribution in [2.24, 2.45) is 0 Å². The monoisotopic (exact) mass is 347 g/mol. The Labute approximate surface area is 145 Å². The summed E-state index contributed by atoms with van der Waals surface area (Å²) in [5.74, 6) is 0.341. The molecule has 0 unspecified atom stereocenters. The van der Waals surface area contributed by atoms with Crippen LogP contribution in [0.3, 0.4) is 0 Å². The van der Waals surface area contributed by atoms with E-state index in [9.17, 15) is 4.79 Å². The van der Waals surface area contributed by atoms with Gasteiger partial charge in [-0.25, -0.2) is 5.10 Å². The minimum Gasteiger partial charge on any atom is -0.409 e. The highest BCUT2D eigenvalue weighted by Gasteiger charge is 2.13. The lowest BCUT2D eigenvalue weighted by molar-refractivity contribution is 0.0102. The average molecular weight is 347 g/mol. The molecule has 0 bridgehead atoms. The number of aromatic amines is 1. The molecule has 128 valence electrons. The molecule has 1 aliphatic heterocycles. The van der Waals surface area contributed by atoms with E-state index in [1.807, 2.05) is 0 Å². The Morgan fingerprint density at radius 1 is 1.33 bits per heavy atom. The molecule has 1 aliphatic rings. The second-order valence-electron chi connectivity index (χ2n) is 5.88. The fourth-order valence-electron chi connectivity index (χ4n) is 2.79. The number of carbonyl (C=O) groups is 1. The van der Waals surface area contributed by atoms with Crippen LogP contribution in [0.5, 0.6) is 0 Å². The van der Waals surface area contributed by atoms with Crippen molar-refractivity contribution in [3.05, 3.63) is 34.7 Å². The number of hydrogen-bond donors (Lipinski definition) is 2. The molecule has 0 radical (unpaired) electrons. The predicted molar refractivity (Wildman–Crippen MR) is 92.3 cm³/mol. The van der Waals surface area contributed by atoms with E-state index in [0.717, 1.165) is 31.4 Å². The first-order chi connectivity index (χ1) is 11.7. The number of ether oxygens (including phenoxy) is 1. The van der Waals surface area contributed by atoms with Crippen LogP contribution in [0.4, 0.5) is 0 Å². The summed E-state index contributed by atoms with van der Waals surface area (Å²) in [5, 5.41) is 9.48. The molecule has 1 amide bonds. The smallest absolute Gasteiger partial charge is 0.284 e. The molecule has 3 rings (SSSR count). The maximum Gasteiger partial charge on any atom is 0.284 e. The molecule has 2 heterocycles. The van der Waals surface area contributed by atoms with Gasteiger partial charge in [0.15, 0.2) is 0 Å². The van der Waals surface area contributed by atoms with Gasteiger partial charge in [-0.1, -0.05) is 0 Å². The molecule has 1 aromatic carbocycles. The van der Waals surface area contributed by atoms with Gasteiger partial charge in [-0.2, -0.15) is 0 Å². The Bertz CT molecular complexity index is 717. The third-order valence-electron chi connectivity index (χ3n) is 4.09. The van der Waals surface area contributed by atoms with E-state index in [-0.39, 0.29) is 10.7 Å². The highest BCUT2D eigenvalue weighted by molar-refractivity contribution is 7.71. The number of aromatic nitrogens is 2. The van der Waals surface area contributed by atoms with Gasteiger partial charge in [0, 0.05) is 24.3 Å². The first kappa shape index (κ1) is 16.9. The lowest BCUT2D eigenvalue weighted by atomic mass is 10.0. The van der Waals surface area contributed by atoms with Crippen molar-refractivity contribution >= 4 is 18.1 Å². The maximum atomic E-state index is 12.1. The molecule has 0 saturated carbocycles. The normalized spacial score (nSPS) is 17.6. The summed E-state index contributed by atoms with van der Waals surface area (Å²) in [6.07, 6.45) is 5.86. The van der Waals surface area contributed by atoms with Crippen LogP contribution >= 0.6 is 12.2 Å². The fraction of sp³-hybridized carbons (Fsp3) is 0.471. The lowest BCUT2D eigenvalue weighted by Crippen LogP contribution is -2.26. The van der Waals surface area contributed by atoms with Crippen LogP contribution in [0.1, 0.15) is 42.5 Å². The summed E-state index contributed by atoms with van der Waals surface area (Å²) in [4.78, 5) is 12.4. The predicted octanol–water partition coefficient (Wildman–Crippen LogP) is 3.48. The number of amides is 1. The van der Waals surface area contributed by atoms with Gasteiger partial charge < -0.3 is 14.5 Å². The van der Waals surface area contributed by atoms with Crippen LogP contribution in [0.2, 0.25) is 0 Å². The van der Waals surface area contributed by atoms with E-state index in [4.69, 9.17) is 21.4 Å². The molecule has 1 fully saturated rings. The molecule has 6 nitrogen and oxygen atoms in total. The SMILES string of the molecule is O=C(NCCC[C@H]1CCCCO1)c1ccc(-c2n[nH]c(=S)o2)cc1. The minimum absolute atomic E-state index is 0.0750. The molecule has 2 N–H and O–H groups in total. The highest BCUT2D eigenvalue weighted by Crippen LogP contribution is 2.18. The molecular weight excluding hydrogens is 326 g/mol. The first-order valence-corrected chi connectivity index (χ1v) is 8.69. The molecule has 2 aromatic rings. The van der Waals surface area contributed by atoms with Crippen molar-refractivity contribution in [3.8, 4) is 11.5 Å². The van der Waals surface area contributed by atoms with E-state index < -0.39 is 0 Å². The van der Waals surface area contributed by atoms with Gasteiger partial charge in [0.2, 0.25) is 5.89 Å². The number of benzene rings is 1. The zero-order valence-corrected chi connectivity index (χ0v) is 14.2. The van der Waals surface area contributed by atoms with Gasteiger partial charge >= 0.3 is 0 Å². The Hall–Kier alpha value is -1.99. The van der Waals surface area contributed by atoms with E-state index >= 15 is 0 Å². The van der Waals surface area contributed by atoms with Gasteiger partial charge in [0.05, 0.1) is 6.10 Å². The second-order valence-corrected chi connectivity index (χ2v) is 6.25. The lowest BCUT2D eigenvalue weighted by Gasteiger charge is -2.22. The van der Waals surface area contributed by atoms with Crippen LogP contribution < -0.4 is 5.32 Å². The van der Waals surface area contributed by atoms with Crippen molar-refractivity contribution in [1.29, 1.82) is 0 Å². The fourth-order valence-corrected chi connectivity index (χ4v) is 2.91. The van der Waals surface area contributed by atoms with Gasteiger partial charge in [-0.15, -0.1) is 5.10 Å². The van der Waals surface area contributed by atoms with Crippen molar-refractivity contribution in [1.82, 2.24) is 15.5 Å². The van der Waals surface area contributed by atoms with E-state index in [1.165, 1.54) is 12.8 Å². The largest absolute Gasteiger partial charge is 0.409 e. The molecule has 0 spiro atoms. The van der Waals surface area contributed by atoms with Crippen molar-refractivity contribution in [3.63, 3.8) is 0 Å². The number of nitrogens with one attached hydrogen (secondary N) is 2. The molecule has 1 saturated heterocycles. The van der Waals surface area contributed by atoms with Crippen LogP contribution in [-0.2, 0) is 4.74 Å². The van der Waals surface area contributed by atoms with E-state index in [0.29, 0.717) is 24.1 Å². The molecule has 7 heteroatoms. The summed E-state index contributed by atoms with van der Waals surface area (Å²) in [7, 11) is 0. The van der Waals surface area contributed by atoms with E-state index in [1.54, 1.807) is 24.3 Å².